The van der Waals surface area contributed by atoms with Gasteiger partial charge in [0, 0.05) is 17.5 Å². The van der Waals surface area contributed by atoms with Gasteiger partial charge in [-0.05, 0) is 44.1 Å². The Balaban J connectivity index is 1.83. The number of hydrogen-bond acceptors (Lipinski definition) is 3. The Morgan fingerprint density at radius 3 is 2.95 bits per heavy atom. The molecule has 4 heteroatoms. The third kappa shape index (κ3) is 2.11. The van der Waals surface area contributed by atoms with Crippen LogP contribution in [0.25, 0.3) is 0 Å². The number of thiophene rings is 1. The summed E-state index contributed by atoms with van der Waals surface area (Å²) in [4.78, 5) is 16.4. The van der Waals surface area contributed by atoms with Crippen LogP contribution in [-0.2, 0) is 4.79 Å². The van der Waals surface area contributed by atoms with Gasteiger partial charge in [-0.2, -0.15) is 0 Å². The molecule has 1 aromatic rings. The predicted molar refractivity (Wildman–Crippen MR) is 77.9 cm³/mol. The highest BCUT2D eigenvalue weighted by Gasteiger charge is 2.47. The number of carbonyl (C=O) groups excluding carboxylic acids is 1. The smallest absolute Gasteiger partial charge is 0.230 e. The molecule has 104 valence electrons. The molecule has 1 aliphatic carbocycles. The average molecular weight is 278 g/mol. The number of nitrogens with two attached hydrogens (primary N) is 1. The fourth-order valence-corrected chi connectivity index (χ4v) is 4.45. The van der Waals surface area contributed by atoms with E-state index in [1.165, 1.54) is 4.88 Å². The zero-order valence-corrected chi connectivity index (χ0v) is 12.3. The van der Waals surface area contributed by atoms with Crippen molar-refractivity contribution in [3.05, 3.63) is 22.4 Å². The molecular weight excluding hydrogens is 256 g/mol. The molecule has 2 aliphatic rings. The Kier molecular flexibility index (Phi) is 3.39. The van der Waals surface area contributed by atoms with Crippen molar-refractivity contribution in [2.45, 2.75) is 51.1 Å². The normalized spacial score (nSPS) is 34.9. The molecule has 1 amide bonds. The van der Waals surface area contributed by atoms with Gasteiger partial charge in [-0.25, -0.2) is 0 Å². The minimum atomic E-state index is -0.333. The largest absolute Gasteiger partial charge is 0.334 e. The van der Waals surface area contributed by atoms with Crippen LogP contribution >= 0.6 is 11.3 Å². The number of carbonyl (C=O) groups is 1. The Bertz CT molecular complexity index is 459. The van der Waals surface area contributed by atoms with E-state index in [0.29, 0.717) is 0 Å². The average Bonchev–Trinajstić information content (AvgIpc) is 3.10. The van der Waals surface area contributed by atoms with E-state index in [2.05, 4.69) is 29.3 Å². The fourth-order valence-electron chi connectivity index (χ4n) is 3.57. The van der Waals surface area contributed by atoms with E-state index in [1.54, 1.807) is 11.3 Å². The van der Waals surface area contributed by atoms with Crippen LogP contribution in [0.1, 0.15) is 49.9 Å². The van der Waals surface area contributed by atoms with E-state index in [1.807, 2.05) is 0 Å². The van der Waals surface area contributed by atoms with Crippen molar-refractivity contribution in [3.63, 3.8) is 0 Å². The molecule has 0 bridgehead atoms. The first-order valence-electron chi connectivity index (χ1n) is 7.23. The predicted octanol–water partition coefficient (Wildman–Crippen LogP) is 2.93. The maximum atomic E-state index is 12.9. The summed E-state index contributed by atoms with van der Waals surface area (Å²) in [7, 11) is 0. The van der Waals surface area contributed by atoms with Crippen LogP contribution in [0.2, 0.25) is 0 Å². The first kappa shape index (κ1) is 13.1. The molecule has 3 nitrogen and oxygen atoms in total. The third-order valence-corrected chi connectivity index (χ3v) is 5.88. The highest BCUT2D eigenvalue weighted by atomic mass is 32.1. The topological polar surface area (TPSA) is 46.3 Å². The number of amides is 1. The molecule has 0 spiro atoms. The molecule has 3 unspecified atom stereocenters. The molecule has 3 rings (SSSR count). The van der Waals surface area contributed by atoms with Gasteiger partial charge in [0.1, 0.15) is 0 Å². The molecule has 2 heterocycles. The van der Waals surface area contributed by atoms with Crippen molar-refractivity contribution in [2.75, 3.05) is 6.54 Å². The molecule has 1 saturated carbocycles. The summed E-state index contributed by atoms with van der Waals surface area (Å²) in [6.45, 7) is 2.96. The van der Waals surface area contributed by atoms with Gasteiger partial charge in [0.25, 0.3) is 0 Å². The van der Waals surface area contributed by atoms with Crippen molar-refractivity contribution in [3.8, 4) is 0 Å². The van der Waals surface area contributed by atoms with Crippen LogP contribution in [-0.4, -0.2) is 23.4 Å². The van der Waals surface area contributed by atoms with Gasteiger partial charge in [-0.3, -0.25) is 4.79 Å². The molecule has 1 aromatic heterocycles. The highest BCUT2D eigenvalue weighted by Crippen LogP contribution is 2.43. The molecule has 0 radical (unpaired) electrons. The molecule has 0 aromatic carbocycles. The number of nitrogens with zero attached hydrogens (tertiary/aromatic N) is 1. The monoisotopic (exact) mass is 278 g/mol. The molecule has 19 heavy (non-hydrogen) atoms. The summed E-state index contributed by atoms with van der Waals surface area (Å²) in [6.07, 6.45) is 5.22. The lowest BCUT2D eigenvalue weighted by Gasteiger charge is -2.35. The Morgan fingerprint density at radius 2 is 2.32 bits per heavy atom. The third-order valence-electron chi connectivity index (χ3n) is 4.90. The minimum absolute atomic E-state index is 0.0320. The maximum absolute atomic E-state index is 12.9. The Morgan fingerprint density at radius 1 is 1.47 bits per heavy atom. The van der Waals surface area contributed by atoms with E-state index in [0.717, 1.165) is 38.6 Å². The van der Waals surface area contributed by atoms with Crippen molar-refractivity contribution in [1.82, 2.24) is 4.90 Å². The van der Waals surface area contributed by atoms with Crippen LogP contribution < -0.4 is 5.73 Å². The quantitative estimate of drug-likeness (QED) is 0.904. The number of hydrogen-bond donors (Lipinski definition) is 1. The summed E-state index contributed by atoms with van der Waals surface area (Å²) in [5.41, 5.74) is 5.87. The van der Waals surface area contributed by atoms with Crippen molar-refractivity contribution < 1.29 is 4.79 Å². The molecule has 1 aliphatic heterocycles. The molecule has 1 saturated heterocycles. The van der Waals surface area contributed by atoms with Gasteiger partial charge in [-0.1, -0.05) is 12.5 Å². The van der Waals surface area contributed by atoms with Crippen LogP contribution in [0.15, 0.2) is 17.5 Å². The molecule has 2 fully saturated rings. The SMILES string of the molecule is CC1(C(=O)N2CCCC2c2cccs2)CCCC1N. The van der Waals surface area contributed by atoms with Crippen molar-refractivity contribution >= 4 is 17.2 Å². The zero-order chi connectivity index (χ0) is 13.5. The van der Waals surface area contributed by atoms with Gasteiger partial charge in [0.2, 0.25) is 5.91 Å². The summed E-state index contributed by atoms with van der Waals surface area (Å²) in [6, 6.07) is 4.55. The zero-order valence-electron chi connectivity index (χ0n) is 11.5. The Labute approximate surface area is 118 Å². The number of rotatable bonds is 2. The van der Waals surface area contributed by atoms with E-state index in [4.69, 9.17) is 5.73 Å². The minimum Gasteiger partial charge on any atom is -0.334 e. The first-order chi connectivity index (χ1) is 9.13. The molecule has 3 atom stereocenters. The van der Waals surface area contributed by atoms with E-state index in [9.17, 15) is 4.79 Å². The highest BCUT2D eigenvalue weighted by molar-refractivity contribution is 7.10. The standard InChI is InChI=1S/C15H22N2OS/c1-15(8-2-7-13(15)16)14(18)17-9-3-5-11(17)12-6-4-10-19-12/h4,6,10-11,13H,2-3,5,7-9,16H2,1H3. The van der Waals surface area contributed by atoms with E-state index < -0.39 is 0 Å². The lowest BCUT2D eigenvalue weighted by molar-refractivity contribution is -0.142. The lowest BCUT2D eigenvalue weighted by Crippen LogP contribution is -2.48. The van der Waals surface area contributed by atoms with Gasteiger partial charge in [0.05, 0.1) is 11.5 Å². The van der Waals surface area contributed by atoms with Gasteiger partial charge in [-0.15, -0.1) is 11.3 Å². The van der Waals surface area contributed by atoms with Gasteiger partial charge < -0.3 is 10.6 Å². The molecular formula is C15H22N2OS. The second kappa shape index (κ2) is 4.91. The lowest BCUT2D eigenvalue weighted by atomic mass is 9.83. The van der Waals surface area contributed by atoms with Crippen molar-refractivity contribution in [1.29, 1.82) is 0 Å². The van der Waals surface area contributed by atoms with Crippen LogP contribution in [0.5, 0.6) is 0 Å². The van der Waals surface area contributed by atoms with E-state index in [-0.39, 0.29) is 23.4 Å². The first-order valence-corrected chi connectivity index (χ1v) is 8.11. The van der Waals surface area contributed by atoms with Crippen LogP contribution in [0, 0.1) is 5.41 Å². The van der Waals surface area contributed by atoms with Gasteiger partial charge >= 0.3 is 0 Å². The van der Waals surface area contributed by atoms with Crippen LogP contribution in [0.3, 0.4) is 0 Å². The second-order valence-corrected chi connectivity index (χ2v) is 7.07. The van der Waals surface area contributed by atoms with Crippen LogP contribution in [0.4, 0.5) is 0 Å². The van der Waals surface area contributed by atoms with E-state index >= 15 is 0 Å². The maximum Gasteiger partial charge on any atom is 0.230 e. The van der Waals surface area contributed by atoms with Crippen molar-refractivity contribution in [2.24, 2.45) is 11.1 Å². The summed E-state index contributed by atoms with van der Waals surface area (Å²) >= 11 is 1.76. The Hall–Kier alpha value is -0.870. The number of likely N-dealkylation sites (tertiary alicyclic amines) is 1. The summed E-state index contributed by atoms with van der Waals surface area (Å²) in [5, 5.41) is 2.10. The second-order valence-electron chi connectivity index (χ2n) is 6.09. The van der Waals surface area contributed by atoms with Gasteiger partial charge in [0.15, 0.2) is 0 Å². The fraction of sp³-hybridized carbons (Fsp3) is 0.667. The summed E-state index contributed by atoms with van der Waals surface area (Å²) < 4.78 is 0. The summed E-state index contributed by atoms with van der Waals surface area (Å²) in [5.74, 6) is 0.286. The molecule has 2 N–H and O–H groups in total.